The number of fused-ring (bicyclic) bond motifs is 1. The first-order valence-electron chi connectivity index (χ1n) is 7.66. The standard InChI is InChI=1S/C18H19N3O3/c1-18(2,3)21-16(23)13(15(22)19-17(21)24)9-11-10-20(4)14-8-6-5-7-12(11)14/h5-10H,1-4H3,(H,19,22,24)/b13-9-. The number of para-hydroxylation sites is 1. The molecule has 124 valence electrons. The number of hydrogen-bond donors (Lipinski definition) is 1. The minimum absolute atomic E-state index is 0.0409. The summed E-state index contributed by atoms with van der Waals surface area (Å²) in [4.78, 5) is 38.0. The summed E-state index contributed by atoms with van der Waals surface area (Å²) >= 11 is 0. The molecule has 1 aliphatic heterocycles. The van der Waals surface area contributed by atoms with Crippen molar-refractivity contribution in [2.45, 2.75) is 26.3 Å². The highest BCUT2D eigenvalue weighted by Crippen LogP contribution is 2.26. The van der Waals surface area contributed by atoms with Crippen LogP contribution in [-0.2, 0) is 16.6 Å². The van der Waals surface area contributed by atoms with Crippen LogP contribution in [0.2, 0.25) is 0 Å². The molecule has 6 nitrogen and oxygen atoms in total. The van der Waals surface area contributed by atoms with Gasteiger partial charge >= 0.3 is 6.03 Å². The molecule has 1 aromatic heterocycles. The lowest BCUT2D eigenvalue weighted by atomic mass is 10.0. The average molecular weight is 325 g/mol. The van der Waals surface area contributed by atoms with Gasteiger partial charge in [0.15, 0.2) is 0 Å². The number of nitrogens with zero attached hydrogens (tertiary/aromatic N) is 2. The van der Waals surface area contributed by atoms with Gasteiger partial charge in [0, 0.05) is 35.2 Å². The molecular weight excluding hydrogens is 306 g/mol. The molecular formula is C18H19N3O3. The number of nitrogens with one attached hydrogen (secondary N) is 1. The van der Waals surface area contributed by atoms with Crippen LogP contribution in [0.3, 0.4) is 0 Å². The van der Waals surface area contributed by atoms with E-state index in [0.717, 1.165) is 21.4 Å². The molecule has 4 amide bonds. The molecule has 1 N–H and O–H groups in total. The van der Waals surface area contributed by atoms with Crippen LogP contribution in [0.15, 0.2) is 36.0 Å². The number of benzene rings is 1. The molecule has 0 unspecified atom stereocenters. The van der Waals surface area contributed by atoms with Crippen molar-refractivity contribution in [1.29, 1.82) is 0 Å². The second-order valence-corrected chi connectivity index (χ2v) is 6.84. The van der Waals surface area contributed by atoms with Crippen molar-refractivity contribution in [3.63, 3.8) is 0 Å². The van der Waals surface area contributed by atoms with Gasteiger partial charge in [0.1, 0.15) is 5.57 Å². The van der Waals surface area contributed by atoms with Crippen LogP contribution in [0.4, 0.5) is 4.79 Å². The molecule has 1 saturated heterocycles. The summed E-state index contributed by atoms with van der Waals surface area (Å²) in [7, 11) is 1.90. The molecule has 24 heavy (non-hydrogen) atoms. The van der Waals surface area contributed by atoms with Crippen LogP contribution < -0.4 is 5.32 Å². The Bertz CT molecular complexity index is 900. The molecule has 0 bridgehead atoms. The van der Waals surface area contributed by atoms with Gasteiger partial charge in [-0.2, -0.15) is 0 Å². The van der Waals surface area contributed by atoms with Crippen molar-refractivity contribution in [3.05, 3.63) is 41.6 Å². The van der Waals surface area contributed by atoms with Gasteiger partial charge in [-0.15, -0.1) is 0 Å². The van der Waals surface area contributed by atoms with Crippen LogP contribution in [0.1, 0.15) is 26.3 Å². The van der Waals surface area contributed by atoms with Crippen LogP contribution in [-0.4, -0.2) is 32.9 Å². The lowest BCUT2D eigenvalue weighted by Gasteiger charge is -2.36. The third-order valence-electron chi connectivity index (χ3n) is 4.00. The van der Waals surface area contributed by atoms with E-state index < -0.39 is 23.4 Å². The number of imide groups is 2. The molecule has 0 radical (unpaired) electrons. The topological polar surface area (TPSA) is 71.4 Å². The Morgan fingerprint density at radius 3 is 2.42 bits per heavy atom. The summed E-state index contributed by atoms with van der Waals surface area (Å²) in [5.74, 6) is -1.25. The zero-order valence-corrected chi connectivity index (χ0v) is 14.1. The van der Waals surface area contributed by atoms with Crippen LogP contribution in [0, 0.1) is 0 Å². The van der Waals surface area contributed by atoms with Gasteiger partial charge in [-0.3, -0.25) is 19.8 Å². The average Bonchev–Trinajstić information content (AvgIpc) is 2.79. The molecule has 1 aliphatic rings. The van der Waals surface area contributed by atoms with Crippen molar-refractivity contribution in [1.82, 2.24) is 14.8 Å². The second kappa shape index (κ2) is 5.33. The summed E-state index contributed by atoms with van der Waals surface area (Å²) in [6, 6.07) is 7.04. The highest BCUT2D eigenvalue weighted by atomic mass is 16.2. The zero-order valence-electron chi connectivity index (χ0n) is 14.1. The predicted octanol–water partition coefficient (Wildman–Crippen LogP) is 2.44. The van der Waals surface area contributed by atoms with Gasteiger partial charge in [0.05, 0.1) is 0 Å². The molecule has 3 rings (SSSR count). The number of rotatable bonds is 1. The van der Waals surface area contributed by atoms with Crippen LogP contribution in [0.5, 0.6) is 0 Å². The van der Waals surface area contributed by atoms with E-state index in [2.05, 4.69) is 5.32 Å². The fourth-order valence-corrected chi connectivity index (χ4v) is 2.91. The number of amides is 4. The second-order valence-electron chi connectivity index (χ2n) is 6.84. The van der Waals surface area contributed by atoms with Crippen LogP contribution >= 0.6 is 0 Å². The highest BCUT2D eigenvalue weighted by molar-refractivity contribution is 6.31. The van der Waals surface area contributed by atoms with E-state index in [1.807, 2.05) is 42.1 Å². The molecule has 0 spiro atoms. The van der Waals surface area contributed by atoms with Gasteiger partial charge < -0.3 is 4.57 Å². The largest absolute Gasteiger partial charge is 0.350 e. The van der Waals surface area contributed by atoms with Gasteiger partial charge in [-0.25, -0.2) is 4.79 Å². The van der Waals surface area contributed by atoms with E-state index in [1.54, 1.807) is 26.8 Å². The normalized spacial score (nSPS) is 17.8. The molecule has 0 aliphatic carbocycles. The molecule has 1 aromatic carbocycles. The van der Waals surface area contributed by atoms with Crippen molar-refractivity contribution in [2.75, 3.05) is 0 Å². The maximum Gasteiger partial charge on any atom is 0.331 e. The Morgan fingerprint density at radius 2 is 1.75 bits per heavy atom. The lowest BCUT2D eigenvalue weighted by molar-refractivity contribution is -0.133. The van der Waals surface area contributed by atoms with Crippen molar-refractivity contribution < 1.29 is 14.4 Å². The number of aryl methyl sites for hydroxylation is 1. The number of carbonyl (C=O) groups excluding carboxylic acids is 3. The third kappa shape index (κ3) is 2.50. The van der Waals surface area contributed by atoms with Gasteiger partial charge in [0.25, 0.3) is 11.8 Å². The number of urea groups is 1. The van der Waals surface area contributed by atoms with Crippen molar-refractivity contribution in [3.8, 4) is 0 Å². The Balaban J connectivity index is 2.12. The van der Waals surface area contributed by atoms with E-state index in [-0.39, 0.29) is 5.57 Å². The monoisotopic (exact) mass is 325 g/mol. The number of carbonyl (C=O) groups is 3. The molecule has 0 saturated carbocycles. The van der Waals surface area contributed by atoms with E-state index in [1.165, 1.54) is 0 Å². The fraction of sp³-hybridized carbons (Fsp3) is 0.278. The predicted molar refractivity (Wildman–Crippen MR) is 91.0 cm³/mol. The summed E-state index contributed by atoms with van der Waals surface area (Å²) < 4.78 is 1.93. The van der Waals surface area contributed by atoms with Crippen molar-refractivity contribution in [2.24, 2.45) is 7.05 Å². The molecule has 1 fully saturated rings. The maximum atomic E-state index is 12.7. The minimum atomic E-state index is -0.723. The summed E-state index contributed by atoms with van der Waals surface area (Å²) in [6.07, 6.45) is 3.40. The first-order valence-corrected chi connectivity index (χ1v) is 7.66. The van der Waals surface area contributed by atoms with E-state index in [0.29, 0.717) is 0 Å². The Hall–Kier alpha value is -2.89. The Morgan fingerprint density at radius 1 is 1.08 bits per heavy atom. The van der Waals surface area contributed by atoms with Gasteiger partial charge in [0.2, 0.25) is 0 Å². The molecule has 2 heterocycles. The molecule has 6 heteroatoms. The summed E-state index contributed by atoms with van der Waals surface area (Å²) in [5, 5.41) is 3.18. The van der Waals surface area contributed by atoms with E-state index >= 15 is 0 Å². The van der Waals surface area contributed by atoms with Gasteiger partial charge in [-0.1, -0.05) is 18.2 Å². The number of barbiturate groups is 1. The molecule has 2 aromatic rings. The minimum Gasteiger partial charge on any atom is -0.350 e. The van der Waals surface area contributed by atoms with Crippen molar-refractivity contribution >= 4 is 34.8 Å². The highest BCUT2D eigenvalue weighted by Gasteiger charge is 2.41. The van der Waals surface area contributed by atoms with E-state index in [4.69, 9.17) is 0 Å². The summed E-state index contributed by atoms with van der Waals surface area (Å²) in [6.45, 7) is 5.24. The van der Waals surface area contributed by atoms with Gasteiger partial charge in [-0.05, 0) is 32.9 Å². The van der Waals surface area contributed by atoms with Crippen LogP contribution in [0.25, 0.3) is 17.0 Å². The molecule has 0 atom stereocenters. The summed E-state index contributed by atoms with van der Waals surface area (Å²) in [5.41, 5.74) is 0.993. The van der Waals surface area contributed by atoms with E-state index in [9.17, 15) is 14.4 Å². The number of hydrogen-bond acceptors (Lipinski definition) is 3. The SMILES string of the molecule is Cn1cc(/C=C2/C(=O)NC(=O)N(C(C)(C)C)C2=O)c2ccccc21. The Kier molecular flexibility index (Phi) is 3.55. The third-order valence-corrected chi connectivity index (χ3v) is 4.00. The zero-order chi connectivity index (χ0) is 17.6. The first-order chi connectivity index (χ1) is 11.2. The lowest BCUT2D eigenvalue weighted by Crippen LogP contribution is -2.60. The fourth-order valence-electron chi connectivity index (χ4n) is 2.91. The number of aromatic nitrogens is 1. The maximum absolute atomic E-state index is 12.7. The Labute approximate surface area is 139 Å². The quantitative estimate of drug-likeness (QED) is 0.646. The smallest absolute Gasteiger partial charge is 0.331 e. The first kappa shape index (κ1) is 16.0.